The lowest BCUT2D eigenvalue weighted by atomic mass is 10.1. The van der Waals surface area contributed by atoms with E-state index in [4.69, 9.17) is 0 Å². The van der Waals surface area contributed by atoms with Crippen LogP contribution < -0.4 is 16.4 Å². The van der Waals surface area contributed by atoms with Gasteiger partial charge in [-0.05, 0) is 30.0 Å². The van der Waals surface area contributed by atoms with Gasteiger partial charge in [-0.25, -0.2) is 0 Å². The van der Waals surface area contributed by atoms with Crippen LogP contribution in [0.25, 0.3) is 11.0 Å². The number of nitrogens with one attached hydrogen (secondary N) is 1. The maximum atomic E-state index is 12.5. The molecule has 1 amide bonds. The van der Waals surface area contributed by atoms with Crippen LogP contribution in [0.3, 0.4) is 0 Å². The first kappa shape index (κ1) is 19.1. The first-order valence-corrected chi connectivity index (χ1v) is 9.92. The largest absolute Gasteiger partial charge is 0.348 e. The summed E-state index contributed by atoms with van der Waals surface area (Å²) in [6.45, 7) is 2.25. The predicted octanol–water partition coefficient (Wildman–Crippen LogP) is 2.81. The molecular formula is C20H23N3O3S. The summed E-state index contributed by atoms with van der Waals surface area (Å²) in [7, 11) is 1.58. The minimum Gasteiger partial charge on any atom is -0.348 e. The molecule has 3 rings (SSSR count). The van der Waals surface area contributed by atoms with Crippen LogP contribution in [-0.2, 0) is 18.4 Å². The summed E-state index contributed by atoms with van der Waals surface area (Å²) < 4.78 is 2.75. The van der Waals surface area contributed by atoms with Crippen LogP contribution in [-0.4, -0.2) is 15.0 Å². The van der Waals surface area contributed by atoms with Crippen molar-refractivity contribution in [3.05, 3.63) is 67.4 Å². The molecule has 0 fully saturated rings. The number of para-hydroxylation sites is 2. The van der Waals surface area contributed by atoms with Crippen molar-refractivity contribution in [2.75, 3.05) is 0 Å². The van der Waals surface area contributed by atoms with E-state index in [2.05, 4.69) is 12.2 Å². The Hall–Kier alpha value is -2.67. The monoisotopic (exact) mass is 385 g/mol. The summed E-state index contributed by atoms with van der Waals surface area (Å²) in [5.41, 5.74) is 0.134. The molecule has 0 spiro atoms. The van der Waals surface area contributed by atoms with Gasteiger partial charge in [0.2, 0.25) is 5.91 Å². The molecule has 7 heteroatoms. The van der Waals surface area contributed by atoms with E-state index < -0.39 is 11.1 Å². The zero-order chi connectivity index (χ0) is 19.4. The van der Waals surface area contributed by atoms with Gasteiger partial charge in [0.15, 0.2) is 0 Å². The van der Waals surface area contributed by atoms with E-state index in [9.17, 15) is 14.4 Å². The summed E-state index contributed by atoms with van der Waals surface area (Å²) in [5.74, 6) is -0.126. The van der Waals surface area contributed by atoms with E-state index in [0.717, 1.165) is 17.7 Å². The van der Waals surface area contributed by atoms with Crippen molar-refractivity contribution in [1.82, 2.24) is 14.5 Å². The maximum absolute atomic E-state index is 12.5. The number of nitrogens with zero attached hydrogens (tertiary/aromatic N) is 2. The molecule has 0 bridgehead atoms. The number of thiophene rings is 1. The number of hydrogen-bond acceptors (Lipinski definition) is 4. The highest BCUT2D eigenvalue weighted by molar-refractivity contribution is 7.10. The third-order valence-electron chi connectivity index (χ3n) is 4.63. The Labute approximate surface area is 161 Å². The summed E-state index contributed by atoms with van der Waals surface area (Å²) in [6, 6.07) is 11.2. The summed E-state index contributed by atoms with van der Waals surface area (Å²) in [6.07, 6.45) is 1.96. The smallest absolute Gasteiger partial charge is 0.316 e. The lowest BCUT2D eigenvalue weighted by molar-refractivity contribution is -0.122. The molecule has 1 aromatic carbocycles. The van der Waals surface area contributed by atoms with Crippen molar-refractivity contribution in [2.24, 2.45) is 7.05 Å². The molecule has 0 saturated heterocycles. The molecular weight excluding hydrogens is 362 g/mol. The fourth-order valence-electron chi connectivity index (χ4n) is 3.22. The van der Waals surface area contributed by atoms with Crippen LogP contribution in [0, 0.1) is 0 Å². The molecule has 0 aliphatic rings. The highest BCUT2D eigenvalue weighted by atomic mass is 32.1. The van der Waals surface area contributed by atoms with E-state index >= 15 is 0 Å². The Morgan fingerprint density at radius 2 is 1.85 bits per heavy atom. The topological polar surface area (TPSA) is 73.1 Å². The number of benzene rings is 1. The number of aromatic nitrogens is 2. The summed E-state index contributed by atoms with van der Waals surface area (Å²) >= 11 is 1.62. The van der Waals surface area contributed by atoms with Crippen molar-refractivity contribution < 1.29 is 4.79 Å². The van der Waals surface area contributed by atoms with Gasteiger partial charge in [-0.1, -0.05) is 31.5 Å². The Morgan fingerprint density at radius 3 is 2.52 bits per heavy atom. The van der Waals surface area contributed by atoms with Gasteiger partial charge in [-0.3, -0.25) is 14.4 Å². The highest BCUT2D eigenvalue weighted by Gasteiger charge is 2.16. The van der Waals surface area contributed by atoms with Crippen LogP contribution in [0.15, 0.2) is 51.4 Å². The third-order valence-corrected chi connectivity index (χ3v) is 5.61. The molecule has 0 saturated carbocycles. The molecule has 0 unspecified atom stereocenters. The van der Waals surface area contributed by atoms with Crippen molar-refractivity contribution in [3.8, 4) is 0 Å². The number of carbonyl (C=O) groups excluding carboxylic acids is 1. The zero-order valence-electron chi connectivity index (χ0n) is 15.5. The molecule has 0 radical (unpaired) electrons. The Balaban J connectivity index is 1.80. The van der Waals surface area contributed by atoms with E-state index in [1.54, 1.807) is 30.5 Å². The van der Waals surface area contributed by atoms with Crippen molar-refractivity contribution in [2.45, 2.75) is 38.8 Å². The second-order valence-corrected chi connectivity index (χ2v) is 7.46. The highest BCUT2D eigenvalue weighted by Crippen LogP contribution is 2.23. The Kier molecular flexibility index (Phi) is 5.91. The van der Waals surface area contributed by atoms with E-state index in [1.165, 1.54) is 9.13 Å². The average molecular weight is 385 g/mol. The van der Waals surface area contributed by atoms with Crippen LogP contribution >= 0.6 is 11.3 Å². The summed E-state index contributed by atoms with van der Waals surface area (Å²) in [5, 5.41) is 5.05. The number of aryl methyl sites for hydroxylation is 2. The number of hydrogen-bond donors (Lipinski definition) is 1. The molecule has 0 aliphatic carbocycles. The molecule has 2 aromatic heterocycles. The first-order valence-electron chi connectivity index (χ1n) is 9.04. The average Bonchev–Trinajstić information content (AvgIpc) is 3.20. The predicted molar refractivity (Wildman–Crippen MR) is 108 cm³/mol. The fourth-order valence-corrected chi connectivity index (χ4v) is 4.03. The zero-order valence-corrected chi connectivity index (χ0v) is 16.3. The second-order valence-electron chi connectivity index (χ2n) is 6.48. The third kappa shape index (κ3) is 4.03. The minimum atomic E-state index is -0.604. The molecule has 142 valence electrons. The van der Waals surface area contributed by atoms with E-state index in [0.29, 0.717) is 11.0 Å². The Morgan fingerprint density at radius 1 is 1.11 bits per heavy atom. The Bertz CT molecular complexity index is 1050. The van der Waals surface area contributed by atoms with Crippen LogP contribution in [0.4, 0.5) is 0 Å². The molecule has 3 aromatic rings. The van der Waals surface area contributed by atoms with Gasteiger partial charge in [0, 0.05) is 24.9 Å². The van der Waals surface area contributed by atoms with Crippen LogP contribution in [0.1, 0.15) is 37.1 Å². The number of rotatable bonds is 7. The fraction of sp³-hybridized carbons (Fsp3) is 0.350. The molecule has 1 N–H and O–H groups in total. The van der Waals surface area contributed by atoms with Gasteiger partial charge in [-0.2, -0.15) is 0 Å². The van der Waals surface area contributed by atoms with Crippen LogP contribution in [0.2, 0.25) is 0 Å². The van der Waals surface area contributed by atoms with Gasteiger partial charge in [-0.15, -0.1) is 11.3 Å². The maximum Gasteiger partial charge on any atom is 0.316 e. The SMILES string of the molecule is CCC[C@H](NC(=O)CCn1c(=O)c(=O)n(C)c2ccccc21)c1cccs1. The molecule has 27 heavy (non-hydrogen) atoms. The van der Waals surface area contributed by atoms with Crippen molar-refractivity contribution >= 4 is 28.3 Å². The molecule has 0 aliphatic heterocycles. The van der Waals surface area contributed by atoms with Crippen LogP contribution in [0.5, 0.6) is 0 Å². The number of fused-ring (bicyclic) bond motifs is 1. The van der Waals surface area contributed by atoms with Gasteiger partial charge < -0.3 is 14.5 Å². The van der Waals surface area contributed by atoms with Gasteiger partial charge >= 0.3 is 11.1 Å². The van der Waals surface area contributed by atoms with Crippen molar-refractivity contribution in [1.29, 1.82) is 0 Å². The van der Waals surface area contributed by atoms with Gasteiger partial charge in [0.25, 0.3) is 0 Å². The number of amides is 1. The van der Waals surface area contributed by atoms with Gasteiger partial charge in [0.1, 0.15) is 0 Å². The number of carbonyl (C=O) groups is 1. The minimum absolute atomic E-state index is 0.0143. The molecule has 2 heterocycles. The van der Waals surface area contributed by atoms with E-state index in [1.807, 2.05) is 29.6 Å². The van der Waals surface area contributed by atoms with Gasteiger partial charge in [0.05, 0.1) is 17.1 Å². The molecule has 1 atom stereocenters. The first-order chi connectivity index (χ1) is 13.0. The second kappa shape index (κ2) is 8.35. The lowest BCUT2D eigenvalue weighted by Gasteiger charge is -2.17. The quantitative estimate of drug-likeness (QED) is 0.636. The van der Waals surface area contributed by atoms with Crippen molar-refractivity contribution in [3.63, 3.8) is 0 Å². The lowest BCUT2D eigenvalue weighted by Crippen LogP contribution is -2.41. The standard InChI is InChI=1S/C20H23N3O3S/c1-3-7-14(17-10-6-13-27-17)21-18(24)11-12-23-16-9-5-4-8-15(16)22(2)19(25)20(23)26/h4-6,8-10,13-14H,3,7,11-12H2,1-2H3,(H,21,24)/t14-/m0/s1. The summed E-state index contributed by atoms with van der Waals surface area (Å²) in [4.78, 5) is 38.2. The normalized spacial score (nSPS) is 12.2. The van der Waals surface area contributed by atoms with E-state index in [-0.39, 0.29) is 24.9 Å². The molecule has 6 nitrogen and oxygen atoms in total.